The van der Waals surface area contributed by atoms with Crippen molar-refractivity contribution in [3.63, 3.8) is 0 Å². The number of nitrogens with zero attached hydrogens (tertiary/aromatic N) is 2. The van der Waals surface area contributed by atoms with Crippen molar-refractivity contribution in [2.24, 2.45) is 0 Å². The molecule has 4 rings (SSSR count). The second kappa shape index (κ2) is 10.1. The summed E-state index contributed by atoms with van der Waals surface area (Å²) in [6.07, 6.45) is 1.55. The summed E-state index contributed by atoms with van der Waals surface area (Å²) in [6, 6.07) is 25.8. The maximum atomic E-state index is 12.5. The van der Waals surface area contributed by atoms with Crippen LogP contribution in [0.1, 0.15) is 46.8 Å². The number of hydrogen-bond acceptors (Lipinski definition) is 4. The molecule has 1 aromatic heterocycles. The molecule has 0 unspecified atom stereocenters. The third-order valence-corrected chi connectivity index (χ3v) is 5.50. The molecule has 1 heterocycles. The number of benzene rings is 3. The molecular weight excluding hydrogens is 408 g/mol. The number of carbonyl (C=O) groups is 1. The predicted octanol–water partition coefficient (Wildman–Crippen LogP) is 6.25. The highest BCUT2D eigenvalue weighted by atomic mass is 16.1. The van der Waals surface area contributed by atoms with Crippen LogP contribution in [-0.2, 0) is 6.54 Å². The Balaban J connectivity index is 1.37. The summed E-state index contributed by atoms with van der Waals surface area (Å²) in [5, 5.41) is 6.27. The first-order chi connectivity index (χ1) is 16.0. The number of anilines is 2. The Morgan fingerprint density at radius 3 is 2.36 bits per heavy atom. The van der Waals surface area contributed by atoms with Gasteiger partial charge in [0.2, 0.25) is 0 Å². The van der Waals surface area contributed by atoms with E-state index in [1.807, 2.05) is 42.5 Å². The van der Waals surface area contributed by atoms with Gasteiger partial charge in [0, 0.05) is 29.4 Å². The fourth-order valence-corrected chi connectivity index (χ4v) is 3.55. The van der Waals surface area contributed by atoms with Gasteiger partial charge in [0.15, 0.2) is 0 Å². The molecule has 5 heteroatoms. The fourth-order valence-electron chi connectivity index (χ4n) is 3.55. The fraction of sp³-hybridized carbons (Fsp3) is 0.179. The second-order valence-electron chi connectivity index (χ2n) is 8.44. The van der Waals surface area contributed by atoms with Gasteiger partial charge in [0.25, 0.3) is 5.91 Å². The zero-order valence-electron chi connectivity index (χ0n) is 19.2. The van der Waals surface area contributed by atoms with E-state index in [2.05, 4.69) is 77.8 Å². The van der Waals surface area contributed by atoms with E-state index >= 15 is 0 Å². The molecule has 0 saturated carbocycles. The molecule has 2 N–H and O–H groups in total. The summed E-state index contributed by atoms with van der Waals surface area (Å²) in [5.41, 5.74) is 6.93. The van der Waals surface area contributed by atoms with Crippen molar-refractivity contribution in [1.29, 1.82) is 0 Å². The van der Waals surface area contributed by atoms with Gasteiger partial charge in [-0.1, -0.05) is 61.9 Å². The first-order valence-electron chi connectivity index (χ1n) is 11.1. The van der Waals surface area contributed by atoms with E-state index < -0.39 is 0 Å². The molecule has 166 valence electrons. The van der Waals surface area contributed by atoms with Crippen LogP contribution in [0, 0.1) is 6.92 Å². The Morgan fingerprint density at radius 2 is 1.67 bits per heavy atom. The molecule has 0 spiro atoms. The van der Waals surface area contributed by atoms with E-state index in [-0.39, 0.29) is 5.91 Å². The number of aromatic nitrogens is 2. The molecule has 0 aliphatic heterocycles. The summed E-state index contributed by atoms with van der Waals surface area (Å²) in [7, 11) is 0. The number of amides is 1. The lowest BCUT2D eigenvalue weighted by molar-refractivity contribution is 0.0951. The molecule has 1 amide bonds. The van der Waals surface area contributed by atoms with Gasteiger partial charge in [-0.15, -0.1) is 0 Å². The van der Waals surface area contributed by atoms with Crippen molar-refractivity contribution in [2.45, 2.75) is 33.2 Å². The largest absolute Gasteiger partial charge is 0.348 e. The maximum Gasteiger partial charge on any atom is 0.251 e. The third kappa shape index (κ3) is 5.83. The SMILES string of the molecule is Cc1cccc(-c2cc(Nc3ccc(C(=O)NCc4ccc(C(C)C)cc4)cc3)ncn2)c1. The Hall–Kier alpha value is -3.99. The van der Waals surface area contributed by atoms with Crippen LogP contribution in [0.3, 0.4) is 0 Å². The van der Waals surface area contributed by atoms with E-state index in [0.29, 0.717) is 23.8 Å². The Labute approximate surface area is 194 Å². The van der Waals surface area contributed by atoms with Crippen molar-refractivity contribution in [3.05, 3.63) is 107 Å². The highest BCUT2D eigenvalue weighted by molar-refractivity contribution is 5.94. The Kier molecular flexibility index (Phi) is 6.79. The minimum absolute atomic E-state index is 0.0988. The zero-order chi connectivity index (χ0) is 23.2. The molecule has 0 bridgehead atoms. The molecule has 5 nitrogen and oxygen atoms in total. The summed E-state index contributed by atoms with van der Waals surface area (Å²) in [6.45, 7) is 6.90. The molecule has 3 aromatic carbocycles. The maximum absolute atomic E-state index is 12.5. The van der Waals surface area contributed by atoms with Crippen molar-refractivity contribution in [2.75, 3.05) is 5.32 Å². The van der Waals surface area contributed by atoms with Crippen LogP contribution in [0.4, 0.5) is 11.5 Å². The van der Waals surface area contributed by atoms with E-state index in [0.717, 1.165) is 22.5 Å². The van der Waals surface area contributed by atoms with Crippen LogP contribution in [0.2, 0.25) is 0 Å². The molecule has 4 aromatic rings. The summed E-state index contributed by atoms with van der Waals surface area (Å²) in [4.78, 5) is 21.2. The van der Waals surface area contributed by atoms with E-state index in [1.54, 1.807) is 6.33 Å². The normalized spacial score (nSPS) is 10.8. The summed E-state index contributed by atoms with van der Waals surface area (Å²) in [5.74, 6) is 1.10. The van der Waals surface area contributed by atoms with Gasteiger partial charge in [0.1, 0.15) is 12.1 Å². The number of rotatable bonds is 7. The van der Waals surface area contributed by atoms with Gasteiger partial charge in [-0.25, -0.2) is 9.97 Å². The number of aryl methyl sites for hydroxylation is 1. The molecule has 0 atom stereocenters. The first kappa shape index (κ1) is 22.2. The molecule has 0 aliphatic rings. The van der Waals surface area contributed by atoms with Crippen LogP contribution in [-0.4, -0.2) is 15.9 Å². The number of hydrogen-bond donors (Lipinski definition) is 2. The van der Waals surface area contributed by atoms with Gasteiger partial charge in [-0.2, -0.15) is 0 Å². The third-order valence-electron chi connectivity index (χ3n) is 5.50. The van der Waals surface area contributed by atoms with Crippen molar-refractivity contribution < 1.29 is 4.79 Å². The minimum atomic E-state index is -0.0988. The zero-order valence-corrected chi connectivity index (χ0v) is 19.2. The molecule has 0 fully saturated rings. The quantitative estimate of drug-likeness (QED) is 0.359. The molecular formula is C28H28N4O. The lowest BCUT2D eigenvalue weighted by atomic mass is 10.0. The van der Waals surface area contributed by atoms with Gasteiger partial charge in [-0.05, 0) is 54.3 Å². The average molecular weight is 437 g/mol. The predicted molar refractivity (Wildman–Crippen MR) is 134 cm³/mol. The van der Waals surface area contributed by atoms with Gasteiger partial charge < -0.3 is 10.6 Å². The van der Waals surface area contributed by atoms with Crippen LogP contribution < -0.4 is 10.6 Å². The van der Waals surface area contributed by atoms with Crippen molar-refractivity contribution in [3.8, 4) is 11.3 Å². The van der Waals surface area contributed by atoms with Crippen molar-refractivity contribution in [1.82, 2.24) is 15.3 Å². The summed E-state index contributed by atoms with van der Waals surface area (Å²) < 4.78 is 0. The van der Waals surface area contributed by atoms with Gasteiger partial charge >= 0.3 is 0 Å². The molecule has 33 heavy (non-hydrogen) atoms. The lowest BCUT2D eigenvalue weighted by Gasteiger charge is -2.10. The average Bonchev–Trinajstić information content (AvgIpc) is 2.83. The highest BCUT2D eigenvalue weighted by Crippen LogP contribution is 2.22. The molecule has 0 radical (unpaired) electrons. The topological polar surface area (TPSA) is 66.9 Å². The molecule has 0 saturated heterocycles. The van der Waals surface area contributed by atoms with Crippen LogP contribution in [0.25, 0.3) is 11.3 Å². The Morgan fingerprint density at radius 1 is 0.909 bits per heavy atom. The van der Waals surface area contributed by atoms with E-state index in [4.69, 9.17) is 0 Å². The number of nitrogens with one attached hydrogen (secondary N) is 2. The monoisotopic (exact) mass is 436 g/mol. The molecule has 0 aliphatic carbocycles. The first-order valence-corrected chi connectivity index (χ1v) is 11.1. The number of carbonyl (C=O) groups excluding carboxylic acids is 1. The minimum Gasteiger partial charge on any atom is -0.348 e. The standard InChI is InChI=1S/C28H28N4O/c1-19(2)22-9-7-21(8-10-22)17-29-28(33)23-11-13-25(14-12-23)32-27-16-26(30-18-31-27)24-6-4-5-20(3)15-24/h4-16,18-19H,17H2,1-3H3,(H,29,33)(H,30,31,32). The van der Waals surface area contributed by atoms with E-state index in [1.165, 1.54) is 11.1 Å². The summed E-state index contributed by atoms with van der Waals surface area (Å²) >= 11 is 0. The highest BCUT2D eigenvalue weighted by Gasteiger charge is 2.07. The second-order valence-corrected chi connectivity index (χ2v) is 8.44. The van der Waals surface area contributed by atoms with E-state index in [9.17, 15) is 4.79 Å². The smallest absolute Gasteiger partial charge is 0.251 e. The van der Waals surface area contributed by atoms with Crippen LogP contribution in [0.15, 0.2) is 85.2 Å². The van der Waals surface area contributed by atoms with Crippen molar-refractivity contribution >= 4 is 17.4 Å². The van der Waals surface area contributed by atoms with Crippen LogP contribution >= 0.6 is 0 Å². The lowest BCUT2D eigenvalue weighted by Crippen LogP contribution is -2.22. The Bertz CT molecular complexity index is 1230. The van der Waals surface area contributed by atoms with Gasteiger partial charge in [-0.3, -0.25) is 4.79 Å². The van der Waals surface area contributed by atoms with Crippen LogP contribution in [0.5, 0.6) is 0 Å². The van der Waals surface area contributed by atoms with Gasteiger partial charge in [0.05, 0.1) is 5.69 Å².